The molecule has 0 aliphatic heterocycles. The largest absolute Gasteiger partial charge is 0.352 e. The van der Waals surface area contributed by atoms with Crippen LogP contribution in [0.5, 0.6) is 0 Å². The molecule has 1 fully saturated rings. The second-order valence-electron chi connectivity index (χ2n) is 7.67. The number of nitrogens with one attached hydrogen (secondary N) is 1. The molecule has 116 valence electrons. The molecule has 4 heteroatoms. The van der Waals surface area contributed by atoms with Crippen molar-refractivity contribution in [1.29, 1.82) is 0 Å². The highest BCUT2D eigenvalue weighted by atomic mass is 16.2. The lowest BCUT2D eigenvalue weighted by Gasteiger charge is -2.35. The van der Waals surface area contributed by atoms with Crippen molar-refractivity contribution >= 4 is 5.91 Å². The number of nitrogens with two attached hydrogens (primary N) is 1. The fourth-order valence-electron chi connectivity index (χ4n) is 3.67. The van der Waals surface area contributed by atoms with Gasteiger partial charge in [-0.15, -0.1) is 0 Å². The maximum Gasteiger partial charge on any atom is 0.242 e. The number of aromatic nitrogens is 1. The van der Waals surface area contributed by atoms with E-state index < -0.39 is 0 Å². The molecule has 2 unspecified atom stereocenters. The Hall–Kier alpha value is -1.29. The summed E-state index contributed by atoms with van der Waals surface area (Å²) < 4.78 is 2.20. The smallest absolute Gasteiger partial charge is 0.242 e. The van der Waals surface area contributed by atoms with E-state index in [2.05, 4.69) is 36.7 Å². The molecule has 21 heavy (non-hydrogen) atoms. The topological polar surface area (TPSA) is 60.0 Å². The highest BCUT2D eigenvalue weighted by Crippen LogP contribution is 2.41. The zero-order chi connectivity index (χ0) is 15.4. The van der Waals surface area contributed by atoms with Crippen molar-refractivity contribution in [2.24, 2.45) is 11.1 Å². The van der Waals surface area contributed by atoms with Crippen LogP contribution < -0.4 is 11.1 Å². The van der Waals surface area contributed by atoms with E-state index in [-0.39, 0.29) is 23.4 Å². The van der Waals surface area contributed by atoms with Gasteiger partial charge in [-0.2, -0.15) is 0 Å². The van der Waals surface area contributed by atoms with Gasteiger partial charge in [-0.25, -0.2) is 0 Å². The Morgan fingerprint density at radius 1 is 1.48 bits per heavy atom. The fraction of sp³-hybridized carbons (Fsp3) is 0.706. The molecule has 2 atom stereocenters. The summed E-state index contributed by atoms with van der Waals surface area (Å²) in [6, 6.07) is 2.51. The van der Waals surface area contributed by atoms with Crippen LogP contribution in [-0.4, -0.2) is 16.5 Å². The number of aryl methyl sites for hydroxylation is 1. The first-order valence-electron chi connectivity index (χ1n) is 8.05. The van der Waals surface area contributed by atoms with Crippen molar-refractivity contribution in [3.8, 4) is 0 Å². The summed E-state index contributed by atoms with van der Waals surface area (Å²) in [6.07, 6.45) is 4.25. The predicted octanol–water partition coefficient (Wildman–Crippen LogP) is 2.61. The van der Waals surface area contributed by atoms with Crippen LogP contribution in [0.4, 0.5) is 0 Å². The van der Waals surface area contributed by atoms with Crippen molar-refractivity contribution in [2.45, 2.75) is 71.5 Å². The van der Waals surface area contributed by atoms with E-state index in [1.165, 1.54) is 11.3 Å². The lowest BCUT2D eigenvalue weighted by molar-refractivity contribution is -0.124. The second-order valence-corrected chi connectivity index (χ2v) is 7.67. The van der Waals surface area contributed by atoms with Gasteiger partial charge in [-0.1, -0.05) is 13.8 Å². The molecule has 0 saturated heterocycles. The maximum atomic E-state index is 12.4. The molecule has 0 bridgehead atoms. The Balaban J connectivity index is 1.93. The van der Waals surface area contributed by atoms with Gasteiger partial charge in [-0.3, -0.25) is 4.79 Å². The number of fused-ring (bicyclic) bond motifs is 1. The molecule has 1 aromatic heterocycles. The number of nitrogens with zero attached hydrogens (tertiary/aromatic N) is 1. The van der Waals surface area contributed by atoms with Crippen LogP contribution >= 0.6 is 0 Å². The van der Waals surface area contributed by atoms with Gasteiger partial charge in [0, 0.05) is 23.5 Å². The minimum absolute atomic E-state index is 0.0855. The van der Waals surface area contributed by atoms with E-state index in [1.54, 1.807) is 0 Å². The molecular weight excluding hydrogens is 262 g/mol. The van der Waals surface area contributed by atoms with Crippen LogP contribution in [0.2, 0.25) is 0 Å². The summed E-state index contributed by atoms with van der Waals surface area (Å²) in [5, 5.41) is 3.12. The SMILES string of the molecule is Cc1cc2c(n1C(C)C(=O)NC1CC1)CC(C)(C)CC2N. The van der Waals surface area contributed by atoms with Gasteiger partial charge in [0.25, 0.3) is 0 Å². The number of amides is 1. The van der Waals surface area contributed by atoms with E-state index in [0.717, 1.165) is 31.4 Å². The molecule has 2 aliphatic rings. The van der Waals surface area contributed by atoms with Gasteiger partial charge in [0.05, 0.1) is 0 Å². The fourth-order valence-corrected chi connectivity index (χ4v) is 3.67. The third-order valence-electron chi connectivity index (χ3n) is 4.88. The van der Waals surface area contributed by atoms with E-state index >= 15 is 0 Å². The van der Waals surface area contributed by atoms with Gasteiger partial charge < -0.3 is 15.6 Å². The van der Waals surface area contributed by atoms with Crippen LogP contribution in [0, 0.1) is 12.3 Å². The zero-order valence-electron chi connectivity index (χ0n) is 13.6. The Labute approximate surface area is 127 Å². The predicted molar refractivity (Wildman–Crippen MR) is 84.1 cm³/mol. The highest BCUT2D eigenvalue weighted by Gasteiger charge is 2.35. The lowest BCUT2D eigenvalue weighted by Crippen LogP contribution is -2.36. The summed E-state index contributed by atoms with van der Waals surface area (Å²) in [5.41, 5.74) is 10.2. The number of hydrogen-bond acceptors (Lipinski definition) is 2. The number of carbonyl (C=O) groups is 1. The Morgan fingerprint density at radius 2 is 2.14 bits per heavy atom. The highest BCUT2D eigenvalue weighted by molar-refractivity contribution is 5.80. The normalized spacial score (nSPS) is 25.3. The van der Waals surface area contributed by atoms with Crippen LogP contribution in [0.15, 0.2) is 6.07 Å². The van der Waals surface area contributed by atoms with E-state index in [0.29, 0.717) is 6.04 Å². The summed E-state index contributed by atoms with van der Waals surface area (Å²) in [5.74, 6) is 0.135. The molecule has 4 nitrogen and oxygen atoms in total. The molecule has 2 aliphatic carbocycles. The summed E-state index contributed by atoms with van der Waals surface area (Å²) in [4.78, 5) is 12.4. The average molecular weight is 289 g/mol. The van der Waals surface area contributed by atoms with Crippen molar-refractivity contribution in [1.82, 2.24) is 9.88 Å². The second kappa shape index (κ2) is 4.87. The van der Waals surface area contributed by atoms with Gasteiger partial charge in [0.1, 0.15) is 6.04 Å². The van der Waals surface area contributed by atoms with Crippen molar-refractivity contribution < 1.29 is 4.79 Å². The first-order chi connectivity index (χ1) is 9.78. The standard InChI is InChI=1S/C17H27N3O/c1-10-7-13-14(18)8-17(3,4)9-15(13)20(10)11(2)16(21)19-12-5-6-12/h7,11-12,14H,5-6,8-9,18H2,1-4H3,(H,19,21). The summed E-state index contributed by atoms with van der Waals surface area (Å²) in [6.45, 7) is 8.60. The Kier molecular flexibility index (Phi) is 3.40. The lowest BCUT2D eigenvalue weighted by atomic mass is 9.74. The molecule has 1 amide bonds. The first kappa shape index (κ1) is 14.6. The molecule has 1 aromatic rings. The maximum absolute atomic E-state index is 12.4. The number of rotatable bonds is 3. The molecular formula is C17H27N3O. The van der Waals surface area contributed by atoms with Gasteiger partial charge in [0.2, 0.25) is 5.91 Å². The van der Waals surface area contributed by atoms with Gasteiger partial charge in [-0.05, 0) is 56.6 Å². The monoisotopic (exact) mass is 289 g/mol. The average Bonchev–Trinajstić information content (AvgIpc) is 3.10. The Bertz CT molecular complexity index is 569. The van der Waals surface area contributed by atoms with Crippen LogP contribution in [0.3, 0.4) is 0 Å². The number of hydrogen-bond donors (Lipinski definition) is 2. The molecule has 1 saturated carbocycles. The number of carbonyl (C=O) groups excluding carboxylic acids is 1. The third-order valence-corrected chi connectivity index (χ3v) is 4.88. The molecule has 0 spiro atoms. The van der Waals surface area contributed by atoms with E-state index in [1.807, 2.05) is 6.92 Å². The molecule has 3 rings (SSSR count). The third kappa shape index (κ3) is 2.73. The minimum Gasteiger partial charge on any atom is -0.352 e. The molecule has 1 heterocycles. The van der Waals surface area contributed by atoms with Crippen LogP contribution in [-0.2, 0) is 11.2 Å². The molecule has 3 N–H and O–H groups in total. The quantitative estimate of drug-likeness (QED) is 0.898. The van der Waals surface area contributed by atoms with Gasteiger partial charge >= 0.3 is 0 Å². The van der Waals surface area contributed by atoms with Crippen LogP contribution in [0.25, 0.3) is 0 Å². The minimum atomic E-state index is -0.157. The summed E-state index contributed by atoms with van der Waals surface area (Å²) >= 11 is 0. The van der Waals surface area contributed by atoms with Crippen LogP contribution in [0.1, 0.15) is 69.1 Å². The van der Waals surface area contributed by atoms with E-state index in [4.69, 9.17) is 5.73 Å². The molecule has 0 aromatic carbocycles. The van der Waals surface area contributed by atoms with Crippen molar-refractivity contribution in [3.05, 3.63) is 23.0 Å². The van der Waals surface area contributed by atoms with Crippen molar-refractivity contribution in [3.63, 3.8) is 0 Å². The van der Waals surface area contributed by atoms with E-state index in [9.17, 15) is 4.79 Å². The van der Waals surface area contributed by atoms with Crippen molar-refractivity contribution in [2.75, 3.05) is 0 Å². The zero-order valence-corrected chi connectivity index (χ0v) is 13.6. The first-order valence-corrected chi connectivity index (χ1v) is 8.05. The summed E-state index contributed by atoms with van der Waals surface area (Å²) in [7, 11) is 0. The Morgan fingerprint density at radius 3 is 2.76 bits per heavy atom. The molecule has 0 radical (unpaired) electrons. The van der Waals surface area contributed by atoms with Gasteiger partial charge in [0.15, 0.2) is 0 Å².